The van der Waals surface area contributed by atoms with Crippen molar-refractivity contribution < 1.29 is 29.6 Å². The average molecular weight is 383 g/mol. The van der Waals surface area contributed by atoms with Crippen molar-refractivity contribution in [3.05, 3.63) is 64.7 Å². The molecule has 1 aliphatic heterocycles. The van der Waals surface area contributed by atoms with Crippen LogP contribution in [0.25, 0.3) is 0 Å². The first-order valence-electron chi connectivity index (χ1n) is 8.46. The number of para-hydroxylation sites is 1. The summed E-state index contributed by atoms with van der Waals surface area (Å²) in [6.45, 7) is 0.335. The molecule has 0 aromatic heterocycles. The number of aromatic carboxylic acids is 1. The van der Waals surface area contributed by atoms with E-state index in [-0.39, 0.29) is 23.4 Å². The van der Waals surface area contributed by atoms with Crippen LogP contribution >= 0.6 is 0 Å². The number of nitrogens with two attached hydrogens (primary N) is 1. The zero-order valence-electron chi connectivity index (χ0n) is 14.7. The fourth-order valence-electron chi connectivity index (χ4n) is 2.99. The monoisotopic (exact) mass is 383 g/mol. The number of oxime groups is 1. The molecule has 1 aliphatic rings. The van der Waals surface area contributed by atoms with Gasteiger partial charge in [-0.1, -0.05) is 41.6 Å². The largest absolute Gasteiger partial charge is 0.547 e. The van der Waals surface area contributed by atoms with Crippen molar-refractivity contribution in [2.75, 3.05) is 0 Å². The van der Waals surface area contributed by atoms with Gasteiger partial charge in [0, 0.05) is 12.1 Å². The third-order valence-electron chi connectivity index (χ3n) is 4.44. The summed E-state index contributed by atoms with van der Waals surface area (Å²) in [5, 5.41) is 34.3. The summed E-state index contributed by atoms with van der Waals surface area (Å²) in [7, 11) is -1.46. The molecule has 9 nitrogen and oxygen atoms in total. The first-order chi connectivity index (χ1) is 13.4. The number of hydrogen-bond donors (Lipinski definition) is 5. The quantitative estimate of drug-likeness (QED) is 0.213. The molecule has 0 saturated carbocycles. The maximum atomic E-state index is 12.5. The van der Waals surface area contributed by atoms with Crippen molar-refractivity contribution in [3.8, 4) is 5.75 Å². The summed E-state index contributed by atoms with van der Waals surface area (Å²) in [5.74, 6) is -2.68. The van der Waals surface area contributed by atoms with E-state index in [1.165, 1.54) is 6.07 Å². The van der Waals surface area contributed by atoms with Crippen molar-refractivity contribution in [2.45, 2.75) is 18.9 Å². The fraction of sp³-hybridized carbons (Fsp3) is 0.167. The normalized spacial score (nSPS) is 16.1. The Kier molecular flexibility index (Phi) is 5.62. The summed E-state index contributed by atoms with van der Waals surface area (Å²) < 4.78 is 5.33. The first-order valence-corrected chi connectivity index (χ1v) is 8.46. The van der Waals surface area contributed by atoms with Gasteiger partial charge in [-0.2, -0.15) is 0 Å². The number of rotatable bonds is 5. The highest BCUT2D eigenvalue weighted by Gasteiger charge is 2.38. The second-order valence-corrected chi connectivity index (χ2v) is 6.24. The minimum atomic E-state index is -1.46. The number of nitrogens with zero attached hydrogens (tertiary/aromatic N) is 1. The number of carboxylic acids is 1. The minimum Gasteiger partial charge on any atom is -0.534 e. The summed E-state index contributed by atoms with van der Waals surface area (Å²) >= 11 is 0. The Morgan fingerprint density at radius 2 is 1.96 bits per heavy atom. The molecule has 1 amide bonds. The van der Waals surface area contributed by atoms with Crippen molar-refractivity contribution in [1.82, 2.24) is 5.32 Å². The van der Waals surface area contributed by atoms with Gasteiger partial charge in [0.2, 0.25) is 0 Å². The Morgan fingerprint density at radius 1 is 1.25 bits per heavy atom. The van der Waals surface area contributed by atoms with Gasteiger partial charge in [-0.05, 0) is 23.6 Å². The van der Waals surface area contributed by atoms with Crippen LogP contribution in [0, 0.1) is 0 Å². The summed E-state index contributed by atoms with van der Waals surface area (Å²) in [6.07, 6.45) is 0.147. The van der Waals surface area contributed by atoms with Gasteiger partial charge in [-0.3, -0.25) is 4.79 Å². The van der Waals surface area contributed by atoms with Crippen LogP contribution in [0.1, 0.15) is 27.0 Å². The number of carbonyl (C=O) groups excluding carboxylic acids is 1. The smallest absolute Gasteiger partial charge is 0.534 e. The number of fused-ring (bicyclic) bond motifs is 1. The lowest BCUT2D eigenvalue weighted by Crippen LogP contribution is -2.54. The topological polar surface area (TPSA) is 154 Å². The first kappa shape index (κ1) is 19.4. The summed E-state index contributed by atoms with van der Waals surface area (Å²) in [6, 6.07) is 11.2. The number of carboxylic acid groups (broad SMARTS) is 1. The third-order valence-corrected chi connectivity index (χ3v) is 4.44. The Bertz CT molecular complexity index is 931. The van der Waals surface area contributed by atoms with E-state index in [1.54, 1.807) is 36.4 Å². The molecule has 1 unspecified atom stereocenters. The Balaban J connectivity index is 1.78. The van der Waals surface area contributed by atoms with E-state index in [0.717, 1.165) is 5.56 Å². The lowest BCUT2D eigenvalue weighted by Gasteiger charge is -2.28. The molecule has 1 atom stereocenters. The van der Waals surface area contributed by atoms with Crippen molar-refractivity contribution in [3.63, 3.8) is 0 Å². The predicted molar refractivity (Wildman–Crippen MR) is 100 cm³/mol. The van der Waals surface area contributed by atoms with E-state index < -0.39 is 24.9 Å². The fourth-order valence-corrected chi connectivity index (χ4v) is 2.99. The maximum absolute atomic E-state index is 12.5. The molecule has 0 saturated heterocycles. The van der Waals surface area contributed by atoms with Crippen LogP contribution in [0.5, 0.6) is 5.75 Å². The van der Waals surface area contributed by atoms with Gasteiger partial charge in [0.1, 0.15) is 5.75 Å². The summed E-state index contributed by atoms with van der Waals surface area (Å²) in [5.41, 5.74) is 6.99. The molecule has 2 aromatic carbocycles. The molecule has 0 spiro atoms. The molecule has 0 bridgehead atoms. The van der Waals surface area contributed by atoms with E-state index in [1.807, 2.05) is 0 Å². The molecule has 6 N–H and O–H groups in total. The Morgan fingerprint density at radius 3 is 2.57 bits per heavy atom. The molecule has 2 aromatic rings. The average Bonchev–Trinajstić information content (AvgIpc) is 2.69. The van der Waals surface area contributed by atoms with Crippen LogP contribution < -0.4 is 15.7 Å². The molecule has 0 fully saturated rings. The van der Waals surface area contributed by atoms with Crippen LogP contribution in [-0.4, -0.2) is 46.0 Å². The van der Waals surface area contributed by atoms with E-state index in [0.29, 0.717) is 17.7 Å². The number of nitrogens with one attached hydrogen (secondary N) is 1. The van der Waals surface area contributed by atoms with Crippen molar-refractivity contribution >= 4 is 24.7 Å². The van der Waals surface area contributed by atoms with Gasteiger partial charge in [-0.25, -0.2) is 4.79 Å². The van der Waals surface area contributed by atoms with Crippen molar-refractivity contribution in [1.29, 1.82) is 0 Å². The number of hydrogen-bond acceptors (Lipinski definition) is 7. The molecule has 10 heteroatoms. The number of amides is 1. The van der Waals surface area contributed by atoms with Gasteiger partial charge in [0.25, 0.3) is 5.91 Å². The molecular weight excluding hydrogens is 365 g/mol. The van der Waals surface area contributed by atoms with Crippen LogP contribution in [0.4, 0.5) is 0 Å². The van der Waals surface area contributed by atoms with Gasteiger partial charge < -0.3 is 31.0 Å². The molecule has 1 heterocycles. The highest BCUT2D eigenvalue weighted by molar-refractivity contribution is 6.50. The van der Waals surface area contributed by atoms with E-state index in [4.69, 9.17) is 10.4 Å². The minimum absolute atomic E-state index is 0.0704. The SMILES string of the molecule is NCc1ccc(/C(=N/O)C(=O)NC2Cc3cccc(C(=O)O)c3OB2O)cc1. The lowest BCUT2D eigenvalue weighted by molar-refractivity contribution is -0.115. The van der Waals surface area contributed by atoms with Crippen LogP contribution in [0.2, 0.25) is 0 Å². The number of carbonyl (C=O) groups is 2. The van der Waals surface area contributed by atoms with Gasteiger partial charge in [0.05, 0.1) is 11.5 Å². The molecule has 3 rings (SSSR count). The third kappa shape index (κ3) is 3.82. The van der Waals surface area contributed by atoms with Crippen LogP contribution in [-0.2, 0) is 17.8 Å². The molecule has 144 valence electrons. The molecule has 0 aliphatic carbocycles. The molecule has 0 radical (unpaired) electrons. The van der Waals surface area contributed by atoms with Gasteiger partial charge in [-0.15, -0.1) is 0 Å². The summed E-state index contributed by atoms with van der Waals surface area (Å²) in [4.78, 5) is 23.8. The highest BCUT2D eigenvalue weighted by atomic mass is 16.5. The highest BCUT2D eigenvalue weighted by Crippen LogP contribution is 2.30. The van der Waals surface area contributed by atoms with E-state index in [9.17, 15) is 24.9 Å². The standard InChI is InChI=1S/C18H18BN3O6/c20-9-10-4-6-11(7-5-10)15(22-27)17(23)21-14-8-12-2-1-3-13(18(24)25)16(12)28-19(14)26/h1-7,14,26-27H,8-9,20H2,(H,21,23)(H,24,25)/b22-15-. The Labute approximate surface area is 160 Å². The van der Waals surface area contributed by atoms with Gasteiger partial charge >= 0.3 is 13.1 Å². The maximum Gasteiger partial charge on any atom is 0.547 e. The Hall–Kier alpha value is -3.37. The lowest BCUT2D eigenvalue weighted by atomic mass is 9.72. The van der Waals surface area contributed by atoms with Crippen molar-refractivity contribution in [2.24, 2.45) is 10.9 Å². The number of benzene rings is 2. The second-order valence-electron chi connectivity index (χ2n) is 6.24. The van der Waals surface area contributed by atoms with Crippen LogP contribution in [0.3, 0.4) is 0 Å². The molecule has 28 heavy (non-hydrogen) atoms. The predicted octanol–water partition coefficient (Wildman–Crippen LogP) is 0.161. The van der Waals surface area contributed by atoms with Crippen LogP contribution in [0.15, 0.2) is 47.6 Å². The van der Waals surface area contributed by atoms with E-state index in [2.05, 4.69) is 10.5 Å². The zero-order chi connectivity index (χ0) is 20.3. The van der Waals surface area contributed by atoms with E-state index >= 15 is 0 Å². The van der Waals surface area contributed by atoms with Gasteiger partial charge in [0.15, 0.2) is 5.71 Å². The zero-order valence-corrected chi connectivity index (χ0v) is 14.7. The second kappa shape index (κ2) is 8.11. The molecular formula is C18H18BN3O6.